The molecule has 5 aliphatic rings. The number of hydrogen-bond acceptors (Lipinski definition) is 3. The molecule has 3 amide bonds. The van der Waals surface area contributed by atoms with Crippen molar-refractivity contribution in [2.24, 2.45) is 35.5 Å². The summed E-state index contributed by atoms with van der Waals surface area (Å²) in [7, 11) is 0. The maximum atomic E-state index is 12.8. The van der Waals surface area contributed by atoms with Crippen LogP contribution in [0.3, 0.4) is 0 Å². The first-order valence-electron chi connectivity index (χ1n) is 9.13. The van der Waals surface area contributed by atoms with Crippen molar-refractivity contribution < 1.29 is 14.4 Å². The molecule has 4 aliphatic carbocycles. The lowest BCUT2D eigenvalue weighted by atomic mass is 9.63. The summed E-state index contributed by atoms with van der Waals surface area (Å²) in [5, 5.41) is 2.81. The van der Waals surface area contributed by atoms with Crippen LogP contribution in [0, 0.1) is 35.5 Å². The minimum absolute atomic E-state index is 0.0684. The van der Waals surface area contributed by atoms with Crippen LogP contribution in [0.25, 0.3) is 0 Å². The molecule has 6 heteroatoms. The molecule has 26 heavy (non-hydrogen) atoms. The summed E-state index contributed by atoms with van der Waals surface area (Å²) in [6.45, 7) is 0.168. The standard InChI is InChI=1S/C20H19BrN2O3/c21-10-1-3-11(4-2-10)22-16(24)7-8-23-19(25)17-12-5-6-13(15-9-14(12)15)18(17)20(23)26/h1-6,12-15,17-18H,7-9H2,(H,22,24)/t12-,13-,14-,15-,17-,18+/m0/s1. The number of rotatable bonds is 4. The Balaban J connectivity index is 1.24. The topological polar surface area (TPSA) is 66.5 Å². The smallest absolute Gasteiger partial charge is 0.233 e. The molecule has 1 heterocycles. The van der Waals surface area contributed by atoms with Gasteiger partial charge in [-0.05, 0) is 54.4 Å². The number of nitrogens with zero attached hydrogens (tertiary/aromatic N) is 1. The van der Waals surface area contributed by atoms with Crippen molar-refractivity contribution in [2.75, 3.05) is 11.9 Å². The van der Waals surface area contributed by atoms with Gasteiger partial charge in [0.1, 0.15) is 0 Å². The van der Waals surface area contributed by atoms with Crippen LogP contribution in [0.2, 0.25) is 0 Å². The zero-order valence-corrected chi connectivity index (χ0v) is 15.7. The molecule has 1 saturated heterocycles. The number of amides is 3. The molecule has 134 valence electrons. The number of carbonyl (C=O) groups is 3. The van der Waals surface area contributed by atoms with Gasteiger partial charge in [-0.3, -0.25) is 19.3 Å². The highest BCUT2D eigenvalue weighted by atomic mass is 79.9. The van der Waals surface area contributed by atoms with E-state index >= 15 is 0 Å². The van der Waals surface area contributed by atoms with Crippen LogP contribution in [0.1, 0.15) is 12.8 Å². The summed E-state index contributed by atoms with van der Waals surface area (Å²) in [4.78, 5) is 39.2. The van der Waals surface area contributed by atoms with Crippen LogP contribution in [0.15, 0.2) is 40.9 Å². The number of hydrogen-bond donors (Lipinski definition) is 1. The maximum absolute atomic E-state index is 12.8. The van der Waals surface area contributed by atoms with E-state index in [1.54, 1.807) is 12.1 Å². The summed E-state index contributed by atoms with van der Waals surface area (Å²) < 4.78 is 0.938. The number of benzene rings is 1. The summed E-state index contributed by atoms with van der Waals surface area (Å²) in [6, 6.07) is 7.31. The quantitative estimate of drug-likeness (QED) is 0.608. The SMILES string of the molecule is O=C(CCN1C(=O)[C@@H]2[C@H]3C=C[C@@H]([C@@H]4C[C@@H]34)[C@@H]2C1=O)Nc1ccc(Br)cc1. The Morgan fingerprint density at radius 1 is 1.04 bits per heavy atom. The van der Waals surface area contributed by atoms with Gasteiger partial charge < -0.3 is 5.32 Å². The summed E-state index contributed by atoms with van der Waals surface area (Å²) in [6.07, 6.45) is 5.61. The van der Waals surface area contributed by atoms with E-state index in [1.807, 2.05) is 12.1 Å². The molecule has 0 radical (unpaired) electrons. The highest BCUT2D eigenvalue weighted by Crippen LogP contribution is 2.65. The summed E-state index contributed by atoms with van der Waals surface area (Å²) in [5.41, 5.74) is 0.702. The fourth-order valence-electron chi connectivity index (χ4n) is 5.21. The molecule has 6 atom stereocenters. The van der Waals surface area contributed by atoms with Gasteiger partial charge in [0, 0.05) is 23.1 Å². The first-order valence-corrected chi connectivity index (χ1v) is 9.93. The zero-order valence-electron chi connectivity index (χ0n) is 14.1. The summed E-state index contributed by atoms with van der Waals surface area (Å²) >= 11 is 3.35. The van der Waals surface area contributed by atoms with Gasteiger partial charge in [-0.25, -0.2) is 0 Å². The van der Waals surface area contributed by atoms with Crippen molar-refractivity contribution in [3.05, 3.63) is 40.9 Å². The number of halogens is 1. The molecule has 1 aliphatic heterocycles. The third-order valence-corrected chi connectivity index (χ3v) is 6.97. The molecule has 3 fully saturated rings. The van der Waals surface area contributed by atoms with Crippen LogP contribution in [-0.2, 0) is 14.4 Å². The van der Waals surface area contributed by atoms with Gasteiger partial charge in [-0.15, -0.1) is 0 Å². The van der Waals surface area contributed by atoms with Gasteiger partial charge >= 0.3 is 0 Å². The normalized spacial score (nSPS) is 36.1. The number of carbonyl (C=O) groups excluding carboxylic acids is 3. The van der Waals surface area contributed by atoms with Gasteiger partial charge in [-0.1, -0.05) is 28.1 Å². The number of allylic oxidation sites excluding steroid dienone is 2. The molecule has 1 N–H and O–H groups in total. The van der Waals surface area contributed by atoms with Crippen LogP contribution in [0.5, 0.6) is 0 Å². The van der Waals surface area contributed by atoms with Gasteiger partial charge in [0.15, 0.2) is 0 Å². The molecular formula is C20H19BrN2O3. The van der Waals surface area contributed by atoms with Crippen LogP contribution in [0.4, 0.5) is 5.69 Å². The van der Waals surface area contributed by atoms with Crippen molar-refractivity contribution in [2.45, 2.75) is 12.8 Å². The van der Waals surface area contributed by atoms with E-state index in [4.69, 9.17) is 0 Å². The minimum Gasteiger partial charge on any atom is -0.326 e. The highest BCUT2D eigenvalue weighted by Gasteiger charge is 2.66. The van der Waals surface area contributed by atoms with Crippen LogP contribution in [-0.4, -0.2) is 29.2 Å². The Morgan fingerprint density at radius 2 is 1.62 bits per heavy atom. The van der Waals surface area contributed by atoms with Crippen molar-refractivity contribution in [3.63, 3.8) is 0 Å². The Morgan fingerprint density at radius 3 is 2.19 bits per heavy atom. The highest BCUT2D eigenvalue weighted by molar-refractivity contribution is 9.10. The zero-order chi connectivity index (χ0) is 18.0. The molecule has 5 nitrogen and oxygen atoms in total. The molecule has 6 rings (SSSR count). The molecule has 0 spiro atoms. The average molecular weight is 415 g/mol. The summed E-state index contributed by atoms with van der Waals surface area (Å²) in [5.74, 6) is 0.967. The monoisotopic (exact) mass is 414 g/mol. The number of likely N-dealkylation sites (tertiary alicyclic amines) is 1. The number of imide groups is 1. The Kier molecular flexibility index (Phi) is 3.61. The Hall–Kier alpha value is -1.95. The average Bonchev–Trinajstić information content (AvgIpc) is 3.41. The second-order valence-corrected chi connectivity index (χ2v) is 8.70. The van der Waals surface area contributed by atoms with Gasteiger partial charge in [0.25, 0.3) is 0 Å². The number of anilines is 1. The first kappa shape index (κ1) is 16.2. The molecule has 0 aromatic heterocycles. The van der Waals surface area contributed by atoms with E-state index in [1.165, 1.54) is 4.90 Å². The number of nitrogens with one attached hydrogen (secondary N) is 1. The van der Waals surface area contributed by atoms with Crippen molar-refractivity contribution in [3.8, 4) is 0 Å². The van der Waals surface area contributed by atoms with Crippen LogP contribution >= 0.6 is 15.9 Å². The van der Waals surface area contributed by atoms with Crippen molar-refractivity contribution in [1.29, 1.82) is 0 Å². The molecule has 2 bridgehead atoms. The fraction of sp³-hybridized carbons (Fsp3) is 0.450. The van der Waals surface area contributed by atoms with E-state index in [0.29, 0.717) is 17.5 Å². The first-order chi connectivity index (χ1) is 12.5. The lowest BCUT2D eigenvalue weighted by molar-refractivity contribution is -0.140. The van der Waals surface area contributed by atoms with Crippen molar-refractivity contribution in [1.82, 2.24) is 4.90 Å². The minimum atomic E-state index is -0.188. The van der Waals surface area contributed by atoms with Gasteiger partial charge in [-0.2, -0.15) is 0 Å². The molecule has 0 unspecified atom stereocenters. The molecule has 1 aromatic carbocycles. The largest absolute Gasteiger partial charge is 0.326 e. The van der Waals surface area contributed by atoms with Gasteiger partial charge in [0.2, 0.25) is 17.7 Å². The van der Waals surface area contributed by atoms with Crippen molar-refractivity contribution >= 4 is 39.3 Å². The fourth-order valence-corrected chi connectivity index (χ4v) is 5.47. The van der Waals surface area contributed by atoms with E-state index in [2.05, 4.69) is 33.4 Å². The predicted molar refractivity (Wildman–Crippen MR) is 98.8 cm³/mol. The Labute approximate surface area is 159 Å². The molecule has 1 aromatic rings. The van der Waals surface area contributed by atoms with E-state index in [-0.39, 0.29) is 54.4 Å². The van der Waals surface area contributed by atoms with Gasteiger partial charge in [0.05, 0.1) is 11.8 Å². The third kappa shape index (κ3) is 2.38. The van der Waals surface area contributed by atoms with Crippen LogP contribution < -0.4 is 5.32 Å². The predicted octanol–water partition coefficient (Wildman–Crippen LogP) is 2.83. The van der Waals surface area contributed by atoms with E-state index in [0.717, 1.165) is 10.9 Å². The lowest BCUT2D eigenvalue weighted by Crippen LogP contribution is -2.40. The Bertz CT molecular complexity index is 798. The third-order valence-electron chi connectivity index (χ3n) is 6.44. The van der Waals surface area contributed by atoms with E-state index < -0.39 is 0 Å². The maximum Gasteiger partial charge on any atom is 0.233 e. The second-order valence-electron chi connectivity index (χ2n) is 7.79. The second kappa shape index (κ2) is 5.78. The molecular weight excluding hydrogens is 396 g/mol. The van der Waals surface area contributed by atoms with E-state index in [9.17, 15) is 14.4 Å². The molecule has 2 saturated carbocycles. The lowest BCUT2D eigenvalue weighted by Gasteiger charge is -2.37.